The van der Waals surface area contributed by atoms with Gasteiger partial charge in [-0.1, -0.05) is 6.92 Å². The van der Waals surface area contributed by atoms with Gasteiger partial charge < -0.3 is 15.8 Å². The second-order valence-electron chi connectivity index (χ2n) is 4.80. The van der Waals surface area contributed by atoms with Crippen LogP contribution in [0.15, 0.2) is 18.2 Å². The van der Waals surface area contributed by atoms with Crippen LogP contribution in [-0.4, -0.2) is 24.6 Å². The highest BCUT2D eigenvalue weighted by atomic mass is 19.1. The molecule has 1 atom stereocenters. The van der Waals surface area contributed by atoms with Crippen molar-refractivity contribution in [1.82, 2.24) is 5.32 Å². The minimum Gasteiger partial charge on any atom is -0.490 e. The number of nitrogens with one attached hydrogen (secondary N) is 1. The van der Waals surface area contributed by atoms with Crippen LogP contribution in [0.25, 0.3) is 0 Å². The number of carbonyl (C=O) groups excluding carboxylic acids is 1. The molecule has 1 aromatic carbocycles. The lowest BCUT2D eigenvalue weighted by atomic mass is 9.97. The van der Waals surface area contributed by atoms with Crippen LogP contribution in [0.5, 0.6) is 5.75 Å². The van der Waals surface area contributed by atoms with Crippen molar-refractivity contribution < 1.29 is 18.3 Å². The van der Waals surface area contributed by atoms with Crippen molar-refractivity contribution in [3.63, 3.8) is 0 Å². The monoisotopic (exact) mass is 286 g/mol. The number of halogens is 2. The number of primary amides is 1. The molecule has 0 heterocycles. The van der Waals surface area contributed by atoms with Gasteiger partial charge in [-0.2, -0.15) is 0 Å². The third kappa shape index (κ3) is 4.45. The zero-order valence-corrected chi connectivity index (χ0v) is 11.7. The topological polar surface area (TPSA) is 64.3 Å². The predicted octanol–water partition coefficient (Wildman–Crippen LogP) is 1.98. The molecule has 20 heavy (non-hydrogen) atoms. The van der Waals surface area contributed by atoms with Gasteiger partial charge in [-0.15, -0.1) is 0 Å². The molecular formula is C14H20F2N2O2. The largest absolute Gasteiger partial charge is 0.490 e. The Morgan fingerprint density at radius 2 is 2.15 bits per heavy atom. The minimum atomic E-state index is -0.931. The van der Waals surface area contributed by atoms with E-state index in [1.54, 1.807) is 6.92 Å². The van der Waals surface area contributed by atoms with Gasteiger partial charge >= 0.3 is 0 Å². The first-order valence-corrected chi connectivity index (χ1v) is 6.52. The Labute approximate surface area is 117 Å². The minimum absolute atomic E-state index is 0.0521. The number of hydrogen-bond acceptors (Lipinski definition) is 3. The molecule has 0 saturated heterocycles. The van der Waals surface area contributed by atoms with Crippen molar-refractivity contribution in [3.05, 3.63) is 29.8 Å². The quantitative estimate of drug-likeness (QED) is 0.768. The maximum atomic E-state index is 13.4. The molecule has 1 amide bonds. The highest BCUT2D eigenvalue weighted by Gasteiger charge is 2.30. The molecule has 1 rings (SSSR count). The molecule has 0 fully saturated rings. The van der Waals surface area contributed by atoms with Gasteiger partial charge in [0.25, 0.3) is 0 Å². The molecule has 0 aliphatic heterocycles. The Morgan fingerprint density at radius 3 is 2.75 bits per heavy atom. The van der Waals surface area contributed by atoms with Gasteiger partial charge in [0.2, 0.25) is 5.91 Å². The van der Waals surface area contributed by atoms with Crippen LogP contribution in [0.4, 0.5) is 8.78 Å². The Kier molecular flexibility index (Phi) is 5.88. The van der Waals surface area contributed by atoms with E-state index in [2.05, 4.69) is 5.32 Å². The first kappa shape index (κ1) is 16.4. The SMILES string of the molecule is CCCNC(C)(CCOc1cc(F)ccc1F)C(N)=O. The Morgan fingerprint density at radius 1 is 1.45 bits per heavy atom. The van der Waals surface area contributed by atoms with E-state index < -0.39 is 23.1 Å². The summed E-state index contributed by atoms with van der Waals surface area (Å²) in [5.41, 5.74) is 4.42. The molecule has 0 aliphatic carbocycles. The lowest BCUT2D eigenvalue weighted by Gasteiger charge is -2.27. The maximum Gasteiger partial charge on any atom is 0.237 e. The number of benzene rings is 1. The van der Waals surface area contributed by atoms with E-state index in [1.807, 2.05) is 6.92 Å². The van der Waals surface area contributed by atoms with E-state index in [4.69, 9.17) is 10.5 Å². The second kappa shape index (κ2) is 7.19. The lowest BCUT2D eigenvalue weighted by molar-refractivity contribution is -0.124. The fourth-order valence-electron chi connectivity index (χ4n) is 1.65. The number of ether oxygens (including phenoxy) is 1. The summed E-state index contributed by atoms with van der Waals surface area (Å²) in [5.74, 6) is -1.90. The summed E-state index contributed by atoms with van der Waals surface area (Å²) in [5, 5.41) is 3.04. The fraction of sp³-hybridized carbons (Fsp3) is 0.500. The Balaban J connectivity index is 2.60. The predicted molar refractivity (Wildman–Crippen MR) is 72.4 cm³/mol. The van der Waals surface area contributed by atoms with Crippen LogP contribution >= 0.6 is 0 Å². The number of rotatable bonds is 8. The van der Waals surface area contributed by atoms with E-state index in [9.17, 15) is 13.6 Å². The average molecular weight is 286 g/mol. The summed E-state index contributed by atoms with van der Waals surface area (Å²) >= 11 is 0. The smallest absolute Gasteiger partial charge is 0.237 e. The molecule has 3 N–H and O–H groups in total. The average Bonchev–Trinajstić information content (AvgIpc) is 2.40. The van der Waals surface area contributed by atoms with Crippen molar-refractivity contribution in [2.45, 2.75) is 32.2 Å². The van der Waals surface area contributed by atoms with Gasteiger partial charge in [0.15, 0.2) is 11.6 Å². The van der Waals surface area contributed by atoms with Crippen molar-refractivity contribution in [2.24, 2.45) is 5.73 Å². The molecule has 6 heteroatoms. The fourth-order valence-corrected chi connectivity index (χ4v) is 1.65. The summed E-state index contributed by atoms with van der Waals surface area (Å²) in [6.45, 7) is 4.31. The highest BCUT2D eigenvalue weighted by molar-refractivity contribution is 5.84. The van der Waals surface area contributed by atoms with Crippen LogP contribution in [0.2, 0.25) is 0 Å². The third-order valence-electron chi connectivity index (χ3n) is 3.06. The van der Waals surface area contributed by atoms with Crippen LogP contribution in [0.1, 0.15) is 26.7 Å². The first-order valence-electron chi connectivity index (χ1n) is 6.52. The number of hydrogen-bond donors (Lipinski definition) is 2. The van der Waals surface area contributed by atoms with Gasteiger partial charge in [0, 0.05) is 12.5 Å². The highest BCUT2D eigenvalue weighted by Crippen LogP contribution is 2.19. The molecule has 0 radical (unpaired) electrons. The molecule has 112 valence electrons. The van der Waals surface area contributed by atoms with Crippen molar-refractivity contribution in [3.8, 4) is 5.75 Å². The zero-order chi connectivity index (χ0) is 15.2. The molecule has 0 aromatic heterocycles. The number of nitrogens with two attached hydrogens (primary N) is 1. The standard InChI is InChI=1S/C14H20F2N2O2/c1-3-7-18-14(2,13(17)19)6-8-20-12-9-10(15)4-5-11(12)16/h4-5,9,18H,3,6-8H2,1-2H3,(H2,17,19). The van der Waals surface area contributed by atoms with E-state index in [1.165, 1.54) is 0 Å². The first-order chi connectivity index (χ1) is 9.39. The molecule has 1 unspecified atom stereocenters. The lowest BCUT2D eigenvalue weighted by Crippen LogP contribution is -2.54. The molecular weight excluding hydrogens is 266 g/mol. The zero-order valence-electron chi connectivity index (χ0n) is 11.7. The summed E-state index contributed by atoms with van der Waals surface area (Å²) in [7, 11) is 0. The molecule has 0 saturated carbocycles. The maximum absolute atomic E-state index is 13.4. The van der Waals surface area contributed by atoms with Gasteiger partial charge in [0.05, 0.1) is 12.1 Å². The van der Waals surface area contributed by atoms with Crippen molar-refractivity contribution in [2.75, 3.05) is 13.2 Å². The van der Waals surface area contributed by atoms with Gasteiger partial charge in [0.1, 0.15) is 5.82 Å². The van der Waals surface area contributed by atoms with Gasteiger partial charge in [-0.3, -0.25) is 4.79 Å². The Hall–Kier alpha value is -1.69. The van der Waals surface area contributed by atoms with E-state index in [0.717, 1.165) is 24.6 Å². The van der Waals surface area contributed by atoms with Crippen molar-refractivity contribution >= 4 is 5.91 Å². The molecule has 0 bridgehead atoms. The van der Waals surface area contributed by atoms with Crippen LogP contribution < -0.4 is 15.8 Å². The van der Waals surface area contributed by atoms with E-state index in [-0.39, 0.29) is 18.8 Å². The molecule has 0 spiro atoms. The van der Waals surface area contributed by atoms with Gasteiger partial charge in [-0.25, -0.2) is 8.78 Å². The number of amides is 1. The Bertz CT molecular complexity index is 468. The number of carbonyl (C=O) groups is 1. The van der Waals surface area contributed by atoms with E-state index >= 15 is 0 Å². The normalized spacial score (nSPS) is 13.8. The van der Waals surface area contributed by atoms with Crippen LogP contribution in [-0.2, 0) is 4.79 Å². The molecule has 1 aromatic rings. The van der Waals surface area contributed by atoms with Crippen molar-refractivity contribution in [1.29, 1.82) is 0 Å². The molecule has 4 nitrogen and oxygen atoms in total. The van der Waals surface area contributed by atoms with Gasteiger partial charge in [-0.05, 0) is 32.0 Å². The van der Waals surface area contributed by atoms with E-state index in [0.29, 0.717) is 6.54 Å². The summed E-state index contributed by atoms with van der Waals surface area (Å²) in [6.07, 6.45) is 1.11. The second-order valence-corrected chi connectivity index (χ2v) is 4.80. The summed E-state index contributed by atoms with van der Waals surface area (Å²) in [6, 6.07) is 2.97. The summed E-state index contributed by atoms with van der Waals surface area (Å²) in [4.78, 5) is 11.5. The third-order valence-corrected chi connectivity index (χ3v) is 3.06. The molecule has 0 aliphatic rings. The van der Waals surface area contributed by atoms with Crippen LogP contribution in [0.3, 0.4) is 0 Å². The van der Waals surface area contributed by atoms with Crippen LogP contribution in [0, 0.1) is 11.6 Å². The summed E-state index contributed by atoms with van der Waals surface area (Å²) < 4.78 is 31.5.